The molecule has 0 saturated carbocycles. The molecule has 1 amide bonds. The molecule has 0 bridgehead atoms. The second-order valence-electron chi connectivity index (χ2n) is 4.76. The number of anilines is 2. The van der Waals surface area contributed by atoms with Crippen LogP contribution in [0, 0.1) is 0 Å². The number of hydrogen-bond donors (Lipinski definition) is 1. The van der Waals surface area contributed by atoms with Gasteiger partial charge in [0.1, 0.15) is 0 Å². The first-order chi connectivity index (χ1) is 10.3. The van der Waals surface area contributed by atoms with Gasteiger partial charge in [0.25, 0.3) is 5.91 Å². The van der Waals surface area contributed by atoms with Crippen molar-refractivity contribution in [3.05, 3.63) is 59.1 Å². The SMILES string of the molecule is CN(C(=O)c1cc(Cl)ccc1NS(C)(=O)=O)c1ccccc1. The third-order valence-electron chi connectivity index (χ3n) is 2.96. The maximum atomic E-state index is 12.6. The minimum absolute atomic E-state index is 0.185. The van der Waals surface area contributed by atoms with Crippen molar-refractivity contribution < 1.29 is 13.2 Å². The van der Waals surface area contributed by atoms with E-state index in [0.29, 0.717) is 10.7 Å². The van der Waals surface area contributed by atoms with Gasteiger partial charge >= 0.3 is 0 Å². The average molecular weight is 339 g/mol. The standard InChI is InChI=1S/C15H15ClN2O3S/c1-18(12-6-4-3-5-7-12)15(19)13-10-11(16)8-9-14(13)17-22(2,20)21/h3-10,17H,1-2H3. The number of carbonyl (C=O) groups is 1. The van der Waals surface area contributed by atoms with Crippen molar-refractivity contribution >= 4 is 38.9 Å². The fourth-order valence-corrected chi connectivity index (χ4v) is 2.68. The number of carbonyl (C=O) groups excluding carboxylic acids is 1. The van der Waals surface area contributed by atoms with Crippen molar-refractivity contribution in [2.75, 3.05) is 22.9 Å². The number of nitrogens with one attached hydrogen (secondary N) is 1. The second kappa shape index (κ2) is 6.37. The van der Waals surface area contributed by atoms with Gasteiger partial charge in [-0.05, 0) is 30.3 Å². The number of para-hydroxylation sites is 1. The highest BCUT2D eigenvalue weighted by atomic mass is 35.5. The number of benzene rings is 2. The molecule has 1 N–H and O–H groups in total. The summed E-state index contributed by atoms with van der Waals surface area (Å²) in [4.78, 5) is 14.1. The Kier molecular flexibility index (Phi) is 4.73. The normalized spacial score (nSPS) is 11.0. The monoisotopic (exact) mass is 338 g/mol. The van der Waals surface area contributed by atoms with Gasteiger partial charge in [-0.3, -0.25) is 9.52 Å². The molecule has 0 unspecified atom stereocenters. The van der Waals surface area contributed by atoms with E-state index in [1.807, 2.05) is 18.2 Å². The first-order valence-corrected chi connectivity index (χ1v) is 8.65. The van der Waals surface area contributed by atoms with Gasteiger partial charge in [-0.15, -0.1) is 0 Å². The fraction of sp³-hybridized carbons (Fsp3) is 0.133. The molecule has 2 rings (SSSR count). The lowest BCUT2D eigenvalue weighted by Gasteiger charge is -2.19. The van der Waals surface area contributed by atoms with E-state index in [4.69, 9.17) is 11.6 Å². The summed E-state index contributed by atoms with van der Waals surface area (Å²) in [5, 5.41) is 0.351. The molecule has 0 radical (unpaired) electrons. The quantitative estimate of drug-likeness (QED) is 0.932. The lowest BCUT2D eigenvalue weighted by molar-refractivity contribution is 0.0994. The predicted molar refractivity (Wildman–Crippen MR) is 89.1 cm³/mol. The van der Waals surface area contributed by atoms with Crippen LogP contribution in [-0.2, 0) is 10.0 Å². The largest absolute Gasteiger partial charge is 0.311 e. The summed E-state index contributed by atoms with van der Waals surface area (Å²) in [5.74, 6) is -0.361. The van der Waals surface area contributed by atoms with Gasteiger partial charge in [0.05, 0.1) is 17.5 Å². The van der Waals surface area contributed by atoms with E-state index in [-0.39, 0.29) is 17.2 Å². The molecule has 0 aliphatic heterocycles. The van der Waals surface area contributed by atoms with Crippen LogP contribution in [0.3, 0.4) is 0 Å². The summed E-state index contributed by atoms with van der Waals surface area (Å²) in [6, 6.07) is 13.5. The number of amides is 1. The zero-order valence-corrected chi connectivity index (χ0v) is 13.6. The van der Waals surface area contributed by atoms with Gasteiger partial charge in [0, 0.05) is 17.8 Å². The predicted octanol–water partition coefficient (Wildman–Crippen LogP) is 2.99. The summed E-state index contributed by atoms with van der Waals surface area (Å²) in [5.41, 5.74) is 1.07. The van der Waals surface area contributed by atoms with Gasteiger partial charge < -0.3 is 4.90 Å². The Balaban J connectivity index is 2.42. The number of halogens is 1. The van der Waals surface area contributed by atoms with Crippen molar-refractivity contribution in [2.24, 2.45) is 0 Å². The average Bonchev–Trinajstić information content (AvgIpc) is 2.47. The van der Waals surface area contributed by atoms with Crippen LogP contribution in [0.5, 0.6) is 0 Å². The molecule has 0 aromatic heterocycles. The Hall–Kier alpha value is -2.05. The molecule has 0 spiro atoms. The van der Waals surface area contributed by atoms with Gasteiger partial charge in [0.2, 0.25) is 10.0 Å². The topological polar surface area (TPSA) is 66.5 Å². The number of hydrogen-bond acceptors (Lipinski definition) is 3. The van der Waals surface area contributed by atoms with E-state index in [1.165, 1.54) is 23.1 Å². The zero-order valence-electron chi connectivity index (χ0n) is 12.1. The molecular weight excluding hydrogens is 324 g/mol. The Bertz CT molecular complexity index is 792. The molecule has 2 aromatic rings. The Morgan fingerprint density at radius 3 is 2.36 bits per heavy atom. The molecule has 0 aliphatic carbocycles. The molecule has 5 nitrogen and oxygen atoms in total. The number of nitrogens with zero attached hydrogens (tertiary/aromatic N) is 1. The fourth-order valence-electron chi connectivity index (χ4n) is 1.93. The maximum absolute atomic E-state index is 12.6. The minimum atomic E-state index is -3.50. The number of rotatable bonds is 4. The van der Waals surface area contributed by atoms with E-state index in [1.54, 1.807) is 19.2 Å². The van der Waals surface area contributed by atoms with Crippen molar-refractivity contribution in [3.63, 3.8) is 0 Å². The van der Waals surface area contributed by atoms with E-state index >= 15 is 0 Å². The highest BCUT2D eigenvalue weighted by Gasteiger charge is 2.19. The smallest absolute Gasteiger partial charge is 0.260 e. The Morgan fingerprint density at radius 1 is 1.14 bits per heavy atom. The van der Waals surface area contributed by atoms with Crippen LogP contribution in [0.25, 0.3) is 0 Å². The molecular formula is C15H15ClN2O3S. The zero-order chi connectivity index (χ0) is 16.3. The summed E-state index contributed by atoms with van der Waals surface area (Å²) in [6.07, 6.45) is 1.02. The molecule has 0 atom stereocenters. The second-order valence-corrected chi connectivity index (χ2v) is 6.95. The van der Waals surface area contributed by atoms with Gasteiger partial charge in [0.15, 0.2) is 0 Å². The van der Waals surface area contributed by atoms with Gasteiger partial charge in [-0.2, -0.15) is 0 Å². The van der Waals surface area contributed by atoms with Gasteiger partial charge in [-0.1, -0.05) is 29.8 Å². The van der Waals surface area contributed by atoms with E-state index in [9.17, 15) is 13.2 Å². The lowest BCUT2D eigenvalue weighted by atomic mass is 10.1. The molecule has 22 heavy (non-hydrogen) atoms. The van der Waals surface area contributed by atoms with Crippen LogP contribution in [-0.4, -0.2) is 27.6 Å². The lowest BCUT2D eigenvalue weighted by Crippen LogP contribution is -2.27. The molecule has 0 heterocycles. The van der Waals surface area contributed by atoms with Crippen molar-refractivity contribution in [3.8, 4) is 0 Å². The highest BCUT2D eigenvalue weighted by Crippen LogP contribution is 2.24. The van der Waals surface area contributed by atoms with Crippen molar-refractivity contribution in [1.82, 2.24) is 0 Å². The van der Waals surface area contributed by atoms with Crippen molar-refractivity contribution in [2.45, 2.75) is 0 Å². The van der Waals surface area contributed by atoms with Crippen LogP contribution >= 0.6 is 11.6 Å². The van der Waals surface area contributed by atoms with Crippen LogP contribution in [0.4, 0.5) is 11.4 Å². The van der Waals surface area contributed by atoms with E-state index in [0.717, 1.165) is 6.26 Å². The third kappa shape index (κ3) is 3.99. The summed E-state index contributed by atoms with van der Waals surface area (Å²) < 4.78 is 25.2. The third-order valence-corrected chi connectivity index (χ3v) is 3.78. The molecule has 0 aliphatic rings. The number of sulfonamides is 1. The van der Waals surface area contributed by atoms with Gasteiger partial charge in [-0.25, -0.2) is 8.42 Å². The van der Waals surface area contributed by atoms with Crippen molar-refractivity contribution in [1.29, 1.82) is 0 Å². The molecule has 0 fully saturated rings. The summed E-state index contributed by atoms with van der Waals surface area (Å²) >= 11 is 5.93. The summed E-state index contributed by atoms with van der Waals surface area (Å²) in [6.45, 7) is 0. The molecule has 2 aromatic carbocycles. The van der Waals surface area contributed by atoms with Crippen LogP contribution in [0.1, 0.15) is 10.4 Å². The first-order valence-electron chi connectivity index (χ1n) is 6.38. The highest BCUT2D eigenvalue weighted by molar-refractivity contribution is 7.92. The first kappa shape index (κ1) is 16.3. The van der Waals surface area contributed by atoms with Crippen LogP contribution in [0.2, 0.25) is 5.02 Å². The molecule has 0 saturated heterocycles. The van der Waals surface area contributed by atoms with E-state index in [2.05, 4.69) is 4.72 Å². The van der Waals surface area contributed by atoms with Crippen LogP contribution in [0.15, 0.2) is 48.5 Å². The molecule has 116 valence electrons. The molecule has 7 heteroatoms. The Morgan fingerprint density at radius 2 is 1.77 bits per heavy atom. The maximum Gasteiger partial charge on any atom is 0.260 e. The Labute approximate surface area is 134 Å². The van der Waals surface area contributed by atoms with E-state index < -0.39 is 10.0 Å². The minimum Gasteiger partial charge on any atom is -0.311 e. The van der Waals surface area contributed by atoms with Crippen LogP contribution < -0.4 is 9.62 Å². The summed E-state index contributed by atoms with van der Waals surface area (Å²) in [7, 11) is -1.89.